The second kappa shape index (κ2) is 11.2. The number of aromatic amines is 1. The highest BCUT2D eigenvalue weighted by atomic mass is 16.4. The molecule has 4 amide bonds. The van der Waals surface area contributed by atoms with Crippen molar-refractivity contribution in [2.45, 2.75) is 49.9 Å². The van der Waals surface area contributed by atoms with E-state index in [-0.39, 0.29) is 19.4 Å². The monoisotopic (exact) mass is 453 g/mol. The molecule has 4 atom stereocenters. The van der Waals surface area contributed by atoms with Crippen molar-refractivity contribution in [3.8, 4) is 0 Å². The molecule has 0 bridgehead atoms. The minimum atomic E-state index is -1.47. The van der Waals surface area contributed by atoms with Crippen molar-refractivity contribution in [3.63, 3.8) is 0 Å². The molecule has 1 fully saturated rings. The Morgan fingerprint density at radius 2 is 1.91 bits per heavy atom. The number of hydrogen-bond acceptors (Lipinski definition) is 8. The summed E-state index contributed by atoms with van der Waals surface area (Å²) in [6.45, 7) is -0.670. The number of nitrogens with zero attached hydrogens (tertiary/aromatic N) is 2. The van der Waals surface area contributed by atoms with Gasteiger partial charge in [-0.1, -0.05) is 0 Å². The summed E-state index contributed by atoms with van der Waals surface area (Å²) in [6.07, 6.45) is 3.09. The Balaban J connectivity index is 2.04. The van der Waals surface area contributed by atoms with Crippen LogP contribution in [0.25, 0.3) is 0 Å². The molecule has 1 saturated heterocycles. The molecule has 1 aromatic rings. The van der Waals surface area contributed by atoms with Gasteiger partial charge in [-0.2, -0.15) is 0 Å². The first-order chi connectivity index (χ1) is 15.1. The maximum atomic E-state index is 12.8. The number of aromatic nitrogens is 2. The fraction of sp³-hybridized carbons (Fsp3) is 0.556. The Morgan fingerprint density at radius 3 is 2.47 bits per heavy atom. The number of rotatable bonds is 11. The number of H-pyrrole nitrogens is 1. The van der Waals surface area contributed by atoms with Gasteiger partial charge in [0.15, 0.2) is 0 Å². The molecule has 0 radical (unpaired) electrons. The van der Waals surface area contributed by atoms with Gasteiger partial charge in [0, 0.05) is 24.9 Å². The summed E-state index contributed by atoms with van der Waals surface area (Å²) >= 11 is 0. The van der Waals surface area contributed by atoms with Crippen molar-refractivity contribution in [2.24, 2.45) is 11.5 Å². The van der Waals surface area contributed by atoms with Gasteiger partial charge < -0.3 is 42.2 Å². The van der Waals surface area contributed by atoms with Gasteiger partial charge in [-0.15, -0.1) is 0 Å². The van der Waals surface area contributed by atoms with Crippen LogP contribution in [0.5, 0.6) is 0 Å². The first-order valence-corrected chi connectivity index (χ1v) is 9.90. The summed E-state index contributed by atoms with van der Waals surface area (Å²) in [5.74, 6) is -4.59. The molecule has 1 aliphatic heterocycles. The van der Waals surface area contributed by atoms with E-state index >= 15 is 0 Å². The summed E-state index contributed by atoms with van der Waals surface area (Å²) in [6, 6.07) is -5.05. The number of nitrogens with one attached hydrogen (secondary N) is 3. The lowest BCUT2D eigenvalue weighted by Gasteiger charge is -2.28. The van der Waals surface area contributed by atoms with Crippen molar-refractivity contribution in [3.05, 3.63) is 18.2 Å². The molecule has 0 aromatic carbocycles. The van der Waals surface area contributed by atoms with E-state index in [1.165, 1.54) is 12.5 Å². The zero-order chi connectivity index (χ0) is 23.8. The number of carboxylic acids is 1. The predicted octanol–water partition coefficient (Wildman–Crippen LogP) is -3.81. The average Bonchev–Trinajstić information content (AvgIpc) is 3.42. The van der Waals surface area contributed by atoms with Crippen LogP contribution >= 0.6 is 0 Å². The number of aliphatic carboxylic acids is 1. The van der Waals surface area contributed by atoms with Crippen LogP contribution in [0.2, 0.25) is 0 Å². The lowest BCUT2D eigenvalue weighted by atomic mass is 10.1. The van der Waals surface area contributed by atoms with E-state index < -0.39 is 66.8 Å². The first-order valence-electron chi connectivity index (χ1n) is 9.90. The van der Waals surface area contributed by atoms with Crippen LogP contribution in [-0.4, -0.2) is 92.0 Å². The van der Waals surface area contributed by atoms with E-state index in [1.54, 1.807) is 0 Å². The van der Waals surface area contributed by atoms with Crippen LogP contribution in [0.3, 0.4) is 0 Å². The highest BCUT2D eigenvalue weighted by Gasteiger charge is 2.38. The van der Waals surface area contributed by atoms with Gasteiger partial charge in [0.25, 0.3) is 0 Å². The number of nitrogens with two attached hydrogens (primary N) is 2. The van der Waals surface area contributed by atoms with Crippen LogP contribution < -0.4 is 22.1 Å². The Hall–Kier alpha value is -3.52. The number of carboxylic acid groups (broad SMARTS) is 1. The number of aliphatic hydroxyl groups is 1. The number of hydrogen-bond donors (Lipinski definition) is 7. The number of amides is 4. The molecule has 14 nitrogen and oxygen atoms in total. The minimum absolute atomic E-state index is 0.0971. The minimum Gasteiger partial charge on any atom is -0.480 e. The molecule has 14 heteroatoms. The van der Waals surface area contributed by atoms with Gasteiger partial charge >= 0.3 is 5.97 Å². The van der Waals surface area contributed by atoms with Crippen molar-refractivity contribution < 1.29 is 34.2 Å². The molecule has 0 saturated carbocycles. The predicted molar refractivity (Wildman–Crippen MR) is 107 cm³/mol. The summed E-state index contributed by atoms with van der Waals surface area (Å²) in [5.41, 5.74) is 11.6. The van der Waals surface area contributed by atoms with Crippen molar-refractivity contribution in [1.82, 2.24) is 25.5 Å². The molecular formula is C18H27N7O7. The molecular weight excluding hydrogens is 426 g/mol. The Bertz CT molecular complexity index is 845. The van der Waals surface area contributed by atoms with Gasteiger partial charge in [-0.3, -0.25) is 19.2 Å². The molecule has 0 aliphatic carbocycles. The molecule has 176 valence electrons. The molecule has 9 N–H and O–H groups in total. The number of carbonyl (C=O) groups is 5. The zero-order valence-electron chi connectivity index (χ0n) is 17.2. The van der Waals surface area contributed by atoms with E-state index in [0.29, 0.717) is 12.1 Å². The molecule has 4 unspecified atom stereocenters. The molecule has 1 aliphatic rings. The third-order valence-corrected chi connectivity index (χ3v) is 4.99. The number of carbonyl (C=O) groups excluding carboxylic acids is 4. The van der Waals surface area contributed by atoms with Crippen molar-refractivity contribution >= 4 is 29.6 Å². The van der Waals surface area contributed by atoms with E-state index in [2.05, 4.69) is 20.6 Å². The highest BCUT2D eigenvalue weighted by Crippen LogP contribution is 2.19. The van der Waals surface area contributed by atoms with Crippen LogP contribution in [0.4, 0.5) is 0 Å². The standard InChI is InChI=1S/C18H27N7O7/c19-10(4-9-6-21-8-22-9)15(28)24-12(7-26)16(29)23-11(5-14(20)27)17(30)25-3-1-2-13(25)18(31)32/h6,8,10-13,26H,1-5,7,19H2,(H2,20,27)(H,21,22)(H,23,29)(H,24,28)(H,31,32). The summed E-state index contributed by atoms with van der Waals surface area (Å²) < 4.78 is 0. The number of aliphatic hydroxyl groups excluding tert-OH is 1. The highest BCUT2D eigenvalue weighted by molar-refractivity contribution is 5.96. The van der Waals surface area contributed by atoms with Crippen molar-refractivity contribution in [1.29, 1.82) is 0 Å². The number of primary amides is 1. The lowest BCUT2D eigenvalue weighted by molar-refractivity contribution is -0.149. The molecule has 2 rings (SSSR count). The summed E-state index contributed by atoms with van der Waals surface area (Å²) in [7, 11) is 0. The Kier molecular flexibility index (Phi) is 8.66. The lowest BCUT2D eigenvalue weighted by Crippen LogP contribution is -2.58. The molecule has 2 heterocycles. The SMILES string of the molecule is NC(=O)CC(NC(=O)C(CO)NC(=O)C(N)Cc1cnc[nH]1)C(=O)N1CCCC1C(=O)O. The summed E-state index contributed by atoms with van der Waals surface area (Å²) in [5, 5.41) is 23.4. The normalized spacial score (nSPS) is 18.4. The van der Waals surface area contributed by atoms with E-state index in [9.17, 15) is 34.2 Å². The second-order valence-corrected chi connectivity index (χ2v) is 7.39. The van der Waals surface area contributed by atoms with Gasteiger partial charge in [0.1, 0.15) is 18.1 Å². The topological polar surface area (TPSA) is 234 Å². The number of imidazole rings is 1. The van der Waals surface area contributed by atoms with Crippen LogP contribution in [0.15, 0.2) is 12.5 Å². The van der Waals surface area contributed by atoms with E-state index in [1.807, 2.05) is 0 Å². The second-order valence-electron chi connectivity index (χ2n) is 7.39. The Labute approximate surface area is 182 Å². The van der Waals surface area contributed by atoms with Crippen LogP contribution in [-0.2, 0) is 30.4 Å². The van der Waals surface area contributed by atoms with Gasteiger partial charge in [-0.25, -0.2) is 9.78 Å². The summed E-state index contributed by atoms with van der Waals surface area (Å²) in [4.78, 5) is 68.1. The smallest absolute Gasteiger partial charge is 0.326 e. The quantitative estimate of drug-likeness (QED) is 0.174. The van der Waals surface area contributed by atoms with Gasteiger partial charge in [0.2, 0.25) is 23.6 Å². The maximum absolute atomic E-state index is 12.8. The molecule has 0 spiro atoms. The first kappa shape index (κ1) is 24.7. The van der Waals surface area contributed by atoms with E-state index in [0.717, 1.165) is 4.90 Å². The van der Waals surface area contributed by atoms with Crippen molar-refractivity contribution in [2.75, 3.05) is 13.2 Å². The largest absolute Gasteiger partial charge is 0.480 e. The van der Waals surface area contributed by atoms with Crippen LogP contribution in [0.1, 0.15) is 25.0 Å². The fourth-order valence-electron chi connectivity index (χ4n) is 3.36. The fourth-order valence-corrected chi connectivity index (χ4v) is 3.36. The van der Waals surface area contributed by atoms with E-state index in [4.69, 9.17) is 11.5 Å². The third kappa shape index (κ3) is 6.49. The average molecular weight is 453 g/mol. The zero-order valence-corrected chi connectivity index (χ0v) is 17.2. The van der Waals surface area contributed by atoms with Crippen LogP contribution in [0, 0.1) is 0 Å². The molecule has 1 aromatic heterocycles. The molecule has 32 heavy (non-hydrogen) atoms. The van der Waals surface area contributed by atoms with Gasteiger partial charge in [0.05, 0.1) is 25.4 Å². The van der Waals surface area contributed by atoms with Gasteiger partial charge in [-0.05, 0) is 12.8 Å². The number of likely N-dealkylation sites (tertiary alicyclic amines) is 1. The third-order valence-electron chi connectivity index (χ3n) is 4.99. The Morgan fingerprint density at radius 1 is 1.22 bits per heavy atom. The maximum Gasteiger partial charge on any atom is 0.326 e.